The van der Waals surface area contributed by atoms with Crippen molar-refractivity contribution in [2.75, 3.05) is 0 Å². The molecule has 0 amide bonds. The first kappa shape index (κ1) is 15.1. The molecule has 0 unspecified atom stereocenters. The molecule has 6 heteroatoms. The number of hydrogen-bond donors (Lipinski definition) is 0. The Labute approximate surface area is 140 Å². The topological polar surface area (TPSA) is 68.2 Å². The average molecular weight is 324 g/mol. The van der Waals surface area contributed by atoms with Crippen LogP contribution in [0.1, 0.15) is 47.3 Å². The minimum absolute atomic E-state index is 0.0599. The van der Waals surface area contributed by atoms with Gasteiger partial charge in [0.25, 0.3) is 0 Å². The summed E-state index contributed by atoms with van der Waals surface area (Å²) in [4.78, 5) is 2.33. The lowest BCUT2D eigenvalue weighted by Gasteiger charge is -2.34. The number of hydrogen-bond acceptors (Lipinski definition) is 6. The maximum Gasteiger partial charge on any atom is 0.233 e. The van der Waals surface area contributed by atoms with Crippen molar-refractivity contribution in [3.63, 3.8) is 0 Å². The third-order valence-corrected chi connectivity index (χ3v) is 4.46. The molecule has 3 heterocycles. The van der Waals surface area contributed by atoms with E-state index in [4.69, 9.17) is 8.94 Å². The first-order chi connectivity index (χ1) is 11.7. The second-order valence-electron chi connectivity index (χ2n) is 6.21. The van der Waals surface area contributed by atoms with Crippen LogP contribution in [0, 0.1) is 6.92 Å². The fourth-order valence-corrected chi connectivity index (χ4v) is 3.23. The lowest BCUT2D eigenvalue weighted by Crippen LogP contribution is -2.34. The van der Waals surface area contributed by atoms with E-state index in [1.807, 2.05) is 19.9 Å². The van der Waals surface area contributed by atoms with Crippen molar-refractivity contribution in [1.29, 1.82) is 0 Å². The minimum atomic E-state index is 0.0599. The third kappa shape index (κ3) is 2.85. The van der Waals surface area contributed by atoms with Crippen LogP contribution in [0.4, 0.5) is 0 Å². The van der Waals surface area contributed by atoms with E-state index in [0.29, 0.717) is 18.3 Å². The summed E-state index contributed by atoms with van der Waals surface area (Å²) in [6, 6.07) is 10.6. The van der Waals surface area contributed by atoms with Crippen LogP contribution in [-0.4, -0.2) is 20.3 Å². The summed E-state index contributed by atoms with van der Waals surface area (Å²) in [6.45, 7) is 5.45. The molecule has 0 fully saturated rings. The maximum atomic E-state index is 5.85. The normalized spacial score (nSPS) is 17.8. The van der Waals surface area contributed by atoms with Gasteiger partial charge in [-0.3, -0.25) is 4.90 Å². The summed E-state index contributed by atoms with van der Waals surface area (Å²) in [7, 11) is 0. The molecular formula is C18H20N4O2. The first-order valence-corrected chi connectivity index (χ1v) is 8.28. The molecule has 0 bridgehead atoms. The molecule has 1 aliphatic rings. The Bertz CT molecular complexity index is 839. The molecule has 6 nitrogen and oxygen atoms in total. The molecule has 2 aromatic heterocycles. The number of benzene rings is 1. The van der Waals surface area contributed by atoms with Gasteiger partial charge in [0, 0.05) is 25.6 Å². The van der Waals surface area contributed by atoms with E-state index in [1.165, 1.54) is 11.1 Å². The van der Waals surface area contributed by atoms with Crippen LogP contribution >= 0.6 is 0 Å². The molecule has 0 saturated heterocycles. The first-order valence-electron chi connectivity index (χ1n) is 8.28. The predicted molar refractivity (Wildman–Crippen MR) is 87.1 cm³/mol. The summed E-state index contributed by atoms with van der Waals surface area (Å²) in [5, 5.41) is 12.5. The zero-order chi connectivity index (χ0) is 16.5. The molecule has 0 N–H and O–H groups in total. The SMILES string of the molecule is CCc1nnc([C@@H]2Cc3ccccc3CN2Cc2cc(C)on2)o1. The number of aryl methyl sites for hydroxylation is 2. The van der Waals surface area contributed by atoms with Gasteiger partial charge in [0.15, 0.2) is 0 Å². The van der Waals surface area contributed by atoms with Crippen molar-refractivity contribution in [3.8, 4) is 0 Å². The third-order valence-electron chi connectivity index (χ3n) is 4.46. The van der Waals surface area contributed by atoms with E-state index in [-0.39, 0.29) is 6.04 Å². The molecule has 4 rings (SSSR count). The van der Waals surface area contributed by atoms with Gasteiger partial charge in [0.05, 0.1) is 11.7 Å². The molecule has 124 valence electrons. The van der Waals surface area contributed by atoms with E-state index in [0.717, 1.165) is 30.8 Å². The average Bonchev–Trinajstić information content (AvgIpc) is 3.23. The van der Waals surface area contributed by atoms with Crippen LogP contribution < -0.4 is 0 Å². The molecule has 3 aromatic rings. The highest BCUT2D eigenvalue weighted by atomic mass is 16.5. The Morgan fingerprint density at radius 2 is 2.04 bits per heavy atom. The second kappa shape index (κ2) is 6.20. The highest BCUT2D eigenvalue weighted by Crippen LogP contribution is 2.33. The van der Waals surface area contributed by atoms with Crippen molar-refractivity contribution in [1.82, 2.24) is 20.3 Å². The Hall–Kier alpha value is -2.47. The van der Waals surface area contributed by atoms with Crippen molar-refractivity contribution in [2.45, 2.75) is 45.8 Å². The molecule has 0 radical (unpaired) electrons. The lowest BCUT2D eigenvalue weighted by atomic mass is 9.93. The monoisotopic (exact) mass is 324 g/mol. The van der Waals surface area contributed by atoms with Gasteiger partial charge in [-0.25, -0.2) is 0 Å². The van der Waals surface area contributed by atoms with Crippen LogP contribution in [0.25, 0.3) is 0 Å². The van der Waals surface area contributed by atoms with Crippen LogP contribution in [0.5, 0.6) is 0 Å². The lowest BCUT2D eigenvalue weighted by molar-refractivity contribution is 0.133. The summed E-state index contributed by atoms with van der Waals surface area (Å²) in [5.74, 6) is 2.19. The molecule has 0 aliphatic carbocycles. The van der Waals surface area contributed by atoms with Gasteiger partial charge in [-0.15, -0.1) is 10.2 Å². The van der Waals surface area contributed by atoms with Gasteiger partial charge in [0.2, 0.25) is 11.8 Å². The van der Waals surface area contributed by atoms with E-state index >= 15 is 0 Å². The van der Waals surface area contributed by atoms with Crippen molar-refractivity contribution < 1.29 is 8.94 Å². The molecule has 1 aromatic carbocycles. The maximum absolute atomic E-state index is 5.85. The zero-order valence-electron chi connectivity index (χ0n) is 13.9. The number of nitrogens with zero attached hydrogens (tertiary/aromatic N) is 4. The molecule has 1 aliphatic heterocycles. The van der Waals surface area contributed by atoms with E-state index in [2.05, 4.69) is 44.5 Å². The Morgan fingerprint density at radius 1 is 1.21 bits per heavy atom. The van der Waals surface area contributed by atoms with Crippen LogP contribution in [-0.2, 0) is 25.9 Å². The number of aromatic nitrogens is 3. The predicted octanol–water partition coefficient (Wildman–Crippen LogP) is 3.23. The number of rotatable bonds is 4. The fourth-order valence-electron chi connectivity index (χ4n) is 3.23. The molecule has 1 atom stereocenters. The van der Waals surface area contributed by atoms with Gasteiger partial charge in [-0.05, 0) is 24.5 Å². The highest BCUT2D eigenvalue weighted by molar-refractivity contribution is 5.31. The summed E-state index contributed by atoms with van der Waals surface area (Å²) < 4.78 is 11.1. The van der Waals surface area contributed by atoms with Crippen LogP contribution in [0.15, 0.2) is 39.3 Å². The van der Waals surface area contributed by atoms with Gasteiger partial charge in [-0.1, -0.05) is 36.3 Å². The van der Waals surface area contributed by atoms with Crippen LogP contribution in [0.3, 0.4) is 0 Å². The Kier molecular flexibility index (Phi) is 3.90. The standard InChI is InChI=1S/C18H20N4O2/c1-3-17-19-20-18(23-17)16-9-13-6-4-5-7-14(13)10-22(16)11-15-8-12(2)24-21-15/h4-8,16H,3,9-11H2,1-2H3/t16-/m0/s1. The zero-order valence-corrected chi connectivity index (χ0v) is 13.9. The molecular weight excluding hydrogens is 304 g/mol. The molecule has 0 saturated carbocycles. The highest BCUT2D eigenvalue weighted by Gasteiger charge is 2.31. The second-order valence-corrected chi connectivity index (χ2v) is 6.21. The largest absolute Gasteiger partial charge is 0.424 e. The van der Waals surface area contributed by atoms with Gasteiger partial charge < -0.3 is 8.94 Å². The summed E-state index contributed by atoms with van der Waals surface area (Å²) in [5.41, 5.74) is 3.60. The summed E-state index contributed by atoms with van der Waals surface area (Å²) in [6.07, 6.45) is 1.61. The molecule has 24 heavy (non-hydrogen) atoms. The van der Waals surface area contributed by atoms with E-state index < -0.39 is 0 Å². The van der Waals surface area contributed by atoms with Crippen molar-refractivity contribution in [2.24, 2.45) is 0 Å². The van der Waals surface area contributed by atoms with Gasteiger partial charge >= 0.3 is 0 Å². The number of fused-ring (bicyclic) bond motifs is 1. The smallest absolute Gasteiger partial charge is 0.233 e. The molecule has 0 spiro atoms. The van der Waals surface area contributed by atoms with E-state index in [9.17, 15) is 0 Å². The Balaban J connectivity index is 1.67. The van der Waals surface area contributed by atoms with Gasteiger partial charge in [0.1, 0.15) is 5.76 Å². The van der Waals surface area contributed by atoms with Crippen molar-refractivity contribution >= 4 is 0 Å². The summed E-state index contributed by atoms with van der Waals surface area (Å²) >= 11 is 0. The Morgan fingerprint density at radius 3 is 2.75 bits per heavy atom. The quantitative estimate of drug-likeness (QED) is 0.734. The van der Waals surface area contributed by atoms with Crippen molar-refractivity contribution in [3.05, 3.63) is 64.7 Å². The fraction of sp³-hybridized carbons (Fsp3) is 0.389. The van der Waals surface area contributed by atoms with Crippen LogP contribution in [0.2, 0.25) is 0 Å². The van der Waals surface area contributed by atoms with Gasteiger partial charge in [-0.2, -0.15) is 0 Å². The minimum Gasteiger partial charge on any atom is -0.424 e. The van der Waals surface area contributed by atoms with E-state index in [1.54, 1.807) is 0 Å².